The van der Waals surface area contributed by atoms with Crippen LogP contribution in [0.15, 0.2) is 108 Å². The molecule has 2 fully saturated rings. The van der Waals surface area contributed by atoms with E-state index >= 15 is 4.79 Å². The van der Waals surface area contributed by atoms with Crippen LogP contribution in [0.4, 0.5) is 11.4 Å². The van der Waals surface area contributed by atoms with Gasteiger partial charge in [0.25, 0.3) is 11.4 Å². The van der Waals surface area contributed by atoms with Gasteiger partial charge < -0.3 is 20.1 Å². The first-order chi connectivity index (χ1) is 24.5. The van der Waals surface area contributed by atoms with Crippen molar-refractivity contribution in [3.05, 3.63) is 151 Å². The Bertz CT molecular complexity index is 1990. The molecule has 1 saturated carbocycles. The van der Waals surface area contributed by atoms with E-state index in [-0.39, 0.29) is 27.6 Å². The summed E-state index contributed by atoms with van der Waals surface area (Å²) in [7, 11) is 2.97. The molecule has 2 atom stereocenters. The van der Waals surface area contributed by atoms with Crippen molar-refractivity contribution in [1.82, 2.24) is 10.6 Å². The van der Waals surface area contributed by atoms with Crippen molar-refractivity contribution in [1.29, 1.82) is 0 Å². The van der Waals surface area contributed by atoms with Crippen LogP contribution in [-0.2, 0) is 14.4 Å². The molecule has 1 heterocycles. The summed E-state index contributed by atoms with van der Waals surface area (Å²) in [6, 6.07) is 24.2. The molecule has 0 aromatic heterocycles. The van der Waals surface area contributed by atoms with Gasteiger partial charge in [-0.25, -0.2) is 0 Å². The van der Waals surface area contributed by atoms with E-state index in [2.05, 4.69) is 10.6 Å². The number of ketones is 1. The summed E-state index contributed by atoms with van der Waals surface area (Å²) in [6.45, 7) is 0. The Hall–Kier alpha value is -6.54. The van der Waals surface area contributed by atoms with Gasteiger partial charge in [-0.1, -0.05) is 24.3 Å². The second-order valence-electron chi connectivity index (χ2n) is 11.7. The molecule has 1 aliphatic carbocycles. The number of carbonyl (C=O) groups excluding carboxylic acids is 3. The van der Waals surface area contributed by atoms with Crippen molar-refractivity contribution in [3.8, 4) is 11.5 Å². The summed E-state index contributed by atoms with van der Waals surface area (Å²) < 4.78 is 10.7. The molecule has 2 unspecified atom stereocenters. The van der Waals surface area contributed by atoms with E-state index in [9.17, 15) is 29.8 Å². The Morgan fingerprint density at radius 3 is 1.29 bits per heavy atom. The van der Waals surface area contributed by atoms with Gasteiger partial charge in [0.05, 0.1) is 24.1 Å². The lowest BCUT2D eigenvalue weighted by Gasteiger charge is -2.50. The Labute approximate surface area is 295 Å². The molecule has 2 N–H and O–H groups in total. The van der Waals surface area contributed by atoms with Crippen LogP contribution in [0.3, 0.4) is 0 Å². The Kier molecular flexibility index (Phi) is 9.26. The number of nitro benzene ring substituents is 2. The lowest BCUT2D eigenvalue weighted by atomic mass is 9.51. The van der Waals surface area contributed by atoms with Gasteiger partial charge in [0.2, 0.25) is 11.8 Å². The summed E-state index contributed by atoms with van der Waals surface area (Å²) in [5.41, 5.74) is -0.758. The zero-order chi connectivity index (χ0) is 36.4. The number of Topliss-reactive ketones (excluding diaryl/α,β-unsaturated/α-hetero) is 1. The van der Waals surface area contributed by atoms with Gasteiger partial charge in [-0.3, -0.25) is 34.6 Å². The second-order valence-corrected chi connectivity index (χ2v) is 12.2. The SMILES string of the molecule is COc1ccc(C2/C(=C\c3ccc([N+](=O)[O-])cc3)C(=O)/C(=C/c3ccc([N+](=O)[O-])cc3)C(c3ccc(OC)cc3)C23C(=O)NC(=S)NC3=O)cc1. The normalized spacial score (nSPS) is 19.8. The molecule has 4 aromatic carbocycles. The van der Waals surface area contributed by atoms with Crippen LogP contribution in [0.1, 0.15) is 34.1 Å². The molecule has 4 aromatic rings. The Morgan fingerprint density at radius 1 is 0.627 bits per heavy atom. The van der Waals surface area contributed by atoms with Gasteiger partial charge in [-0.15, -0.1) is 0 Å². The number of ether oxygens (including phenoxy) is 2. The molecule has 2 amide bonds. The Morgan fingerprint density at radius 2 is 0.980 bits per heavy atom. The summed E-state index contributed by atoms with van der Waals surface area (Å²) in [5, 5.41) is 27.9. The van der Waals surface area contributed by atoms with Crippen molar-refractivity contribution in [2.75, 3.05) is 14.2 Å². The number of allylic oxidation sites excluding steroid dienone is 2. The molecule has 1 spiro atoms. The average molecular weight is 705 g/mol. The lowest BCUT2D eigenvalue weighted by molar-refractivity contribution is -0.385. The number of hydrogen-bond donors (Lipinski definition) is 2. The minimum atomic E-state index is -2.10. The quantitative estimate of drug-likeness (QED) is 0.0765. The number of nitrogens with one attached hydrogen (secondary N) is 2. The van der Waals surface area contributed by atoms with Crippen LogP contribution in [0.25, 0.3) is 12.2 Å². The van der Waals surface area contributed by atoms with E-state index in [0.29, 0.717) is 33.8 Å². The van der Waals surface area contributed by atoms with Gasteiger partial charge in [-0.2, -0.15) is 0 Å². The standard InChI is InChI=1S/C37H28N4O9S/c1-49-27-15-7-23(8-16-27)31-29(19-21-3-11-25(12-4-21)40(45)46)33(42)30(20-22-5-13-26(14-6-22)41(47)48)32(24-9-17-28(50-2)18-10-24)37(31)34(43)38-36(51)39-35(37)44/h3-20,31-32H,1-2H3,(H2,38,39,43,44,51)/b29-19+,30-20+. The first-order valence-corrected chi connectivity index (χ1v) is 15.8. The maximum atomic E-state index is 15.1. The van der Waals surface area contributed by atoms with Crippen molar-refractivity contribution in [2.45, 2.75) is 11.8 Å². The minimum absolute atomic E-state index is 0.0325. The van der Waals surface area contributed by atoms with Crippen molar-refractivity contribution >= 4 is 58.5 Å². The number of rotatable bonds is 8. The van der Waals surface area contributed by atoms with Gasteiger partial charge in [0, 0.05) is 47.2 Å². The number of carbonyl (C=O) groups is 3. The van der Waals surface area contributed by atoms with Gasteiger partial charge in [-0.05, 0) is 95.2 Å². The van der Waals surface area contributed by atoms with Crippen LogP contribution in [-0.4, -0.2) is 46.8 Å². The maximum Gasteiger partial charge on any atom is 0.269 e. The number of nitro groups is 2. The topological polar surface area (TPSA) is 180 Å². The zero-order valence-electron chi connectivity index (χ0n) is 27.0. The smallest absolute Gasteiger partial charge is 0.269 e. The minimum Gasteiger partial charge on any atom is -0.497 e. The monoisotopic (exact) mass is 704 g/mol. The highest BCUT2D eigenvalue weighted by Gasteiger charge is 2.66. The molecule has 0 bridgehead atoms. The second kappa shape index (κ2) is 13.8. The number of benzene rings is 4. The van der Waals surface area contributed by atoms with Gasteiger partial charge in [0.1, 0.15) is 11.5 Å². The first kappa shape index (κ1) is 34.3. The van der Waals surface area contributed by atoms with Crippen LogP contribution in [0.2, 0.25) is 0 Å². The van der Waals surface area contributed by atoms with Crippen LogP contribution < -0.4 is 20.1 Å². The first-order valence-electron chi connectivity index (χ1n) is 15.4. The molecule has 256 valence electrons. The number of methoxy groups -OCH3 is 2. The maximum absolute atomic E-state index is 15.1. The molecule has 14 heteroatoms. The van der Waals surface area contributed by atoms with Gasteiger partial charge in [0.15, 0.2) is 16.3 Å². The number of amides is 2. The largest absolute Gasteiger partial charge is 0.497 e. The van der Waals surface area contributed by atoms with E-state index in [1.54, 1.807) is 48.5 Å². The third kappa shape index (κ3) is 6.24. The van der Waals surface area contributed by atoms with E-state index in [1.807, 2.05) is 0 Å². The van der Waals surface area contributed by atoms with E-state index < -0.39 is 44.7 Å². The molecule has 1 saturated heterocycles. The average Bonchev–Trinajstić information content (AvgIpc) is 3.13. The highest BCUT2D eigenvalue weighted by molar-refractivity contribution is 7.80. The summed E-state index contributed by atoms with van der Waals surface area (Å²) in [5.74, 6) is -3.58. The van der Waals surface area contributed by atoms with Crippen molar-refractivity contribution < 1.29 is 33.7 Å². The summed E-state index contributed by atoms with van der Waals surface area (Å²) in [6.07, 6.45) is 3.01. The third-order valence-corrected chi connectivity index (χ3v) is 9.22. The molecule has 1 aliphatic heterocycles. The van der Waals surface area contributed by atoms with Crippen LogP contribution >= 0.6 is 12.2 Å². The summed E-state index contributed by atoms with van der Waals surface area (Å²) >= 11 is 5.24. The highest BCUT2D eigenvalue weighted by atomic mass is 32.1. The molecule has 13 nitrogen and oxygen atoms in total. The molecule has 0 radical (unpaired) electrons. The van der Waals surface area contributed by atoms with Crippen molar-refractivity contribution in [2.24, 2.45) is 5.41 Å². The number of thiocarbonyl (C=S) groups is 1. The van der Waals surface area contributed by atoms with Gasteiger partial charge >= 0.3 is 0 Å². The molecular formula is C37H28N4O9S. The van der Waals surface area contributed by atoms with Crippen molar-refractivity contribution in [3.63, 3.8) is 0 Å². The molecule has 6 rings (SSSR count). The molecule has 51 heavy (non-hydrogen) atoms. The van der Waals surface area contributed by atoms with Crippen LogP contribution in [0.5, 0.6) is 11.5 Å². The lowest BCUT2D eigenvalue weighted by Crippen LogP contribution is -2.68. The predicted octanol–water partition coefficient (Wildman–Crippen LogP) is 5.65. The van der Waals surface area contributed by atoms with E-state index in [4.69, 9.17) is 21.7 Å². The highest BCUT2D eigenvalue weighted by Crippen LogP contribution is 2.60. The zero-order valence-corrected chi connectivity index (χ0v) is 27.8. The Balaban J connectivity index is 1.71. The summed E-state index contributed by atoms with van der Waals surface area (Å²) in [4.78, 5) is 66.3. The van der Waals surface area contributed by atoms with E-state index in [1.165, 1.54) is 74.9 Å². The fourth-order valence-corrected chi connectivity index (χ4v) is 6.86. The number of non-ortho nitro benzene ring substituents is 2. The molecule has 2 aliphatic rings. The number of hydrogen-bond acceptors (Lipinski definition) is 10. The van der Waals surface area contributed by atoms with Crippen LogP contribution in [0, 0.1) is 25.6 Å². The van der Waals surface area contributed by atoms with E-state index in [0.717, 1.165) is 0 Å². The fraction of sp³-hybridized carbons (Fsp3) is 0.135. The fourth-order valence-electron chi connectivity index (χ4n) is 6.68. The third-order valence-electron chi connectivity index (χ3n) is 9.01. The predicted molar refractivity (Wildman–Crippen MR) is 190 cm³/mol. The number of nitrogens with zero attached hydrogens (tertiary/aromatic N) is 2. The molecular weight excluding hydrogens is 676 g/mol.